The molecule has 0 heterocycles. The molecule has 0 radical (unpaired) electrons. The molecule has 0 fully saturated rings. The third-order valence-electron chi connectivity index (χ3n) is 3.52. The van der Waals surface area contributed by atoms with Crippen molar-refractivity contribution in [2.75, 3.05) is 0 Å². The summed E-state index contributed by atoms with van der Waals surface area (Å²) in [6, 6.07) is 8.29. The van der Waals surface area contributed by atoms with E-state index in [1.807, 2.05) is 0 Å². The van der Waals surface area contributed by atoms with Gasteiger partial charge in [0.15, 0.2) is 0 Å². The minimum absolute atomic E-state index is 0.201. The Balaban J connectivity index is 3.01. The number of alkyl halides is 7. The second-order valence-corrected chi connectivity index (χ2v) is 6.89. The first-order chi connectivity index (χ1) is 11.8. The van der Waals surface area contributed by atoms with Crippen molar-refractivity contribution in [2.24, 2.45) is 0 Å². The predicted molar refractivity (Wildman–Crippen MR) is 86.9 cm³/mol. The maximum Gasteiger partial charge on any atom is 0.435 e. The summed E-state index contributed by atoms with van der Waals surface area (Å²) in [6.07, 6.45) is -12.6. The fourth-order valence-electron chi connectivity index (χ4n) is 2.38. The van der Waals surface area contributed by atoms with Crippen LogP contribution in [0, 0.1) is 11.3 Å². The van der Waals surface area contributed by atoms with Gasteiger partial charge in [-0.1, -0.05) is 50.1 Å². The molecule has 0 bridgehead atoms. The number of hydrogen-bond acceptors (Lipinski definition) is 1. The van der Waals surface area contributed by atoms with Crippen LogP contribution >= 0.6 is 31.9 Å². The number of benzene rings is 2. The molecule has 0 atom stereocenters. The van der Waals surface area contributed by atoms with E-state index in [4.69, 9.17) is 5.26 Å². The molecule has 0 aliphatic carbocycles. The summed E-state index contributed by atoms with van der Waals surface area (Å²) >= 11 is 5.67. The van der Waals surface area contributed by atoms with Gasteiger partial charge in [-0.2, -0.15) is 31.6 Å². The minimum Gasteiger partial charge on any atom is -0.218 e. The molecule has 0 unspecified atom stereocenters. The van der Waals surface area contributed by atoms with Crippen LogP contribution in [-0.2, 0) is 5.67 Å². The standard InChI is InChI=1S/C16H6Br2F7N/c17-9-5-11(14(19,15(20,21)22)16(23,24)25)13(12(18)6-9)10-4-2-1-3-8(10)7-26/h1-6H. The Kier molecular flexibility index (Phi) is 5.46. The van der Waals surface area contributed by atoms with Crippen LogP contribution in [0.3, 0.4) is 0 Å². The molecule has 0 aromatic heterocycles. The molecular formula is C16H6Br2F7N. The van der Waals surface area contributed by atoms with Gasteiger partial charge in [0.25, 0.3) is 0 Å². The topological polar surface area (TPSA) is 23.8 Å². The quantitative estimate of drug-likeness (QED) is 0.402. The van der Waals surface area contributed by atoms with Gasteiger partial charge in [0.05, 0.1) is 11.6 Å². The van der Waals surface area contributed by atoms with Crippen LogP contribution in [0.2, 0.25) is 0 Å². The lowest BCUT2D eigenvalue weighted by atomic mass is 9.86. The van der Waals surface area contributed by atoms with Crippen LogP contribution in [0.15, 0.2) is 45.3 Å². The lowest BCUT2D eigenvalue weighted by molar-refractivity contribution is -0.348. The molecule has 2 aromatic rings. The van der Waals surface area contributed by atoms with Crippen molar-refractivity contribution in [1.29, 1.82) is 5.26 Å². The zero-order chi connectivity index (χ0) is 19.9. The van der Waals surface area contributed by atoms with E-state index in [0.29, 0.717) is 6.07 Å². The highest BCUT2D eigenvalue weighted by molar-refractivity contribution is 9.11. The molecule has 26 heavy (non-hydrogen) atoms. The van der Waals surface area contributed by atoms with E-state index >= 15 is 0 Å². The summed E-state index contributed by atoms with van der Waals surface area (Å²) in [5, 5.41) is 9.13. The van der Waals surface area contributed by atoms with E-state index in [0.717, 1.165) is 6.07 Å². The van der Waals surface area contributed by atoms with E-state index in [2.05, 4.69) is 31.9 Å². The monoisotopic (exact) mass is 503 g/mol. The van der Waals surface area contributed by atoms with Crippen molar-refractivity contribution in [2.45, 2.75) is 18.0 Å². The maximum atomic E-state index is 14.7. The van der Waals surface area contributed by atoms with Gasteiger partial charge >= 0.3 is 18.0 Å². The van der Waals surface area contributed by atoms with E-state index < -0.39 is 29.1 Å². The van der Waals surface area contributed by atoms with Crippen molar-refractivity contribution in [3.8, 4) is 17.2 Å². The van der Waals surface area contributed by atoms with Gasteiger partial charge in [-0.15, -0.1) is 0 Å². The van der Waals surface area contributed by atoms with Crippen LogP contribution in [0.5, 0.6) is 0 Å². The Morgan fingerprint density at radius 2 is 1.38 bits per heavy atom. The van der Waals surface area contributed by atoms with Crippen molar-refractivity contribution < 1.29 is 30.7 Å². The van der Waals surface area contributed by atoms with E-state index in [1.165, 1.54) is 24.3 Å². The Hall–Kier alpha value is -1.60. The zero-order valence-electron chi connectivity index (χ0n) is 12.3. The van der Waals surface area contributed by atoms with Gasteiger partial charge in [-0.25, -0.2) is 4.39 Å². The minimum atomic E-state index is -6.28. The summed E-state index contributed by atoms with van der Waals surface area (Å²) < 4.78 is 93.7. The van der Waals surface area contributed by atoms with Crippen molar-refractivity contribution in [3.63, 3.8) is 0 Å². The Bertz CT molecular complexity index is 868. The molecule has 2 aromatic carbocycles. The predicted octanol–water partition coefficient (Wildman–Crippen LogP) is 7.04. The highest BCUT2D eigenvalue weighted by atomic mass is 79.9. The first-order valence-electron chi connectivity index (χ1n) is 6.66. The normalized spacial score (nSPS) is 12.8. The molecule has 0 amide bonds. The Morgan fingerprint density at radius 3 is 1.88 bits per heavy atom. The van der Waals surface area contributed by atoms with E-state index in [-0.39, 0.29) is 20.1 Å². The summed E-state index contributed by atoms with van der Waals surface area (Å²) in [5.74, 6) is 0. The van der Waals surface area contributed by atoms with Gasteiger partial charge in [0.2, 0.25) is 0 Å². The van der Waals surface area contributed by atoms with Crippen molar-refractivity contribution >= 4 is 31.9 Å². The van der Waals surface area contributed by atoms with Crippen LogP contribution in [0.4, 0.5) is 30.7 Å². The second-order valence-electron chi connectivity index (χ2n) is 5.12. The molecule has 2 rings (SSSR count). The van der Waals surface area contributed by atoms with Gasteiger partial charge in [-0.3, -0.25) is 0 Å². The number of nitrogens with zero attached hydrogens (tertiary/aromatic N) is 1. The number of rotatable bonds is 2. The van der Waals surface area contributed by atoms with Gasteiger partial charge in [0, 0.05) is 25.6 Å². The largest absolute Gasteiger partial charge is 0.435 e. The molecule has 0 saturated heterocycles. The summed E-state index contributed by atoms with van der Waals surface area (Å²) in [6.45, 7) is 0. The molecule has 0 spiro atoms. The average molecular weight is 505 g/mol. The third-order valence-corrected chi connectivity index (χ3v) is 4.61. The maximum absolute atomic E-state index is 14.7. The van der Waals surface area contributed by atoms with Crippen LogP contribution < -0.4 is 0 Å². The fourth-order valence-corrected chi connectivity index (χ4v) is 3.82. The van der Waals surface area contributed by atoms with Gasteiger partial charge in [0.1, 0.15) is 0 Å². The molecule has 10 heteroatoms. The Morgan fingerprint density at radius 1 is 0.846 bits per heavy atom. The summed E-state index contributed by atoms with van der Waals surface area (Å²) in [4.78, 5) is 0. The van der Waals surface area contributed by atoms with Crippen LogP contribution in [0.25, 0.3) is 11.1 Å². The lowest BCUT2D eigenvalue weighted by Crippen LogP contribution is -2.50. The third kappa shape index (κ3) is 3.34. The Labute approximate surface area is 159 Å². The smallest absolute Gasteiger partial charge is 0.218 e. The lowest BCUT2D eigenvalue weighted by Gasteiger charge is -2.32. The van der Waals surface area contributed by atoms with Crippen LogP contribution in [0.1, 0.15) is 11.1 Å². The number of hydrogen-bond donors (Lipinski definition) is 0. The molecular weight excluding hydrogens is 499 g/mol. The molecule has 0 aliphatic rings. The van der Waals surface area contributed by atoms with E-state index in [9.17, 15) is 30.7 Å². The molecule has 0 aliphatic heterocycles. The van der Waals surface area contributed by atoms with Crippen LogP contribution in [-0.4, -0.2) is 12.4 Å². The van der Waals surface area contributed by atoms with E-state index in [1.54, 1.807) is 6.07 Å². The highest BCUT2D eigenvalue weighted by Gasteiger charge is 2.74. The van der Waals surface area contributed by atoms with Gasteiger partial charge in [-0.05, 0) is 18.2 Å². The molecule has 138 valence electrons. The summed E-state index contributed by atoms with van der Waals surface area (Å²) in [5.41, 5.74) is -8.48. The SMILES string of the molecule is N#Cc1ccccc1-c1c(Br)cc(Br)cc1C(F)(C(F)(F)F)C(F)(F)F. The summed E-state index contributed by atoms with van der Waals surface area (Å²) in [7, 11) is 0. The fraction of sp³-hybridized carbons (Fsp3) is 0.188. The highest BCUT2D eigenvalue weighted by Crippen LogP contribution is 2.56. The average Bonchev–Trinajstić information content (AvgIpc) is 2.51. The first kappa shape index (κ1) is 20.7. The molecule has 1 nitrogen and oxygen atoms in total. The number of halogens is 9. The van der Waals surface area contributed by atoms with Crippen molar-refractivity contribution in [3.05, 3.63) is 56.5 Å². The zero-order valence-corrected chi connectivity index (χ0v) is 15.5. The van der Waals surface area contributed by atoms with Crippen molar-refractivity contribution in [1.82, 2.24) is 0 Å². The second kappa shape index (κ2) is 6.85. The van der Waals surface area contributed by atoms with Gasteiger partial charge < -0.3 is 0 Å². The molecule has 0 saturated carbocycles. The number of nitriles is 1. The first-order valence-corrected chi connectivity index (χ1v) is 8.24. The molecule has 0 N–H and O–H groups in total.